The standard InChI is InChI=1S/C23H24ClFN2O6/c1-30-7-9-32-21-18(25)11-16-19(22(21)33-10-8-31-2)26-13-17(20(16)28)23(29)27-12-14-3-5-15(24)6-4-14/h3-6,11,13H,7-10,12H2,1-2H3,(H,26,28)(H,27,29). The largest absolute Gasteiger partial charge is 0.506 e. The van der Waals surface area contributed by atoms with Crippen LogP contribution in [0.3, 0.4) is 0 Å². The van der Waals surface area contributed by atoms with Crippen LogP contribution in [-0.2, 0) is 16.0 Å². The van der Waals surface area contributed by atoms with Crippen molar-refractivity contribution < 1.29 is 33.2 Å². The number of ether oxygens (including phenoxy) is 4. The Hall–Kier alpha value is -3.14. The summed E-state index contributed by atoms with van der Waals surface area (Å²) in [5.74, 6) is -1.93. The summed E-state index contributed by atoms with van der Waals surface area (Å²) in [5.41, 5.74) is 0.858. The first kappa shape index (κ1) is 24.5. The molecule has 0 aliphatic heterocycles. The fraction of sp³-hybridized carbons (Fsp3) is 0.304. The summed E-state index contributed by atoms with van der Waals surface area (Å²) in [6.07, 6.45) is 1.20. The number of nitrogens with zero attached hydrogens (tertiary/aromatic N) is 1. The highest BCUT2D eigenvalue weighted by Crippen LogP contribution is 2.41. The lowest BCUT2D eigenvalue weighted by molar-refractivity contribution is 0.0948. The molecule has 0 atom stereocenters. The number of fused-ring (bicyclic) bond motifs is 1. The minimum absolute atomic E-state index is 0.00146. The zero-order valence-corrected chi connectivity index (χ0v) is 18.9. The molecule has 0 saturated carbocycles. The first-order valence-corrected chi connectivity index (χ1v) is 10.4. The second-order valence-corrected chi connectivity index (χ2v) is 7.36. The monoisotopic (exact) mass is 478 g/mol. The number of nitrogens with one attached hydrogen (secondary N) is 1. The molecule has 3 rings (SSSR count). The second kappa shape index (κ2) is 11.6. The number of aromatic hydroxyl groups is 1. The highest BCUT2D eigenvalue weighted by molar-refractivity contribution is 6.30. The molecule has 1 amide bonds. The van der Waals surface area contributed by atoms with E-state index in [2.05, 4.69) is 10.3 Å². The molecular weight excluding hydrogens is 455 g/mol. The van der Waals surface area contributed by atoms with Crippen LogP contribution in [0.1, 0.15) is 15.9 Å². The van der Waals surface area contributed by atoms with E-state index in [4.69, 9.17) is 30.5 Å². The van der Waals surface area contributed by atoms with E-state index in [1.807, 2.05) is 0 Å². The number of hydrogen-bond acceptors (Lipinski definition) is 7. The fourth-order valence-electron chi connectivity index (χ4n) is 3.01. The van der Waals surface area contributed by atoms with Gasteiger partial charge in [0.2, 0.25) is 0 Å². The molecule has 176 valence electrons. The summed E-state index contributed by atoms with van der Waals surface area (Å²) < 4.78 is 36.0. The zero-order chi connectivity index (χ0) is 23.8. The van der Waals surface area contributed by atoms with Crippen LogP contribution in [0, 0.1) is 5.82 Å². The third-order valence-electron chi connectivity index (χ3n) is 4.68. The maximum atomic E-state index is 14.9. The number of carbonyl (C=O) groups is 1. The van der Waals surface area contributed by atoms with Gasteiger partial charge in [-0.25, -0.2) is 4.39 Å². The number of hydrogen-bond donors (Lipinski definition) is 2. The molecule has 0 bridgehead atoms. The minimum atomic E-state index is -0.776. The van der Waals surface area contributed by atoms with Crippen molar-refractivity contribution in [1.82, 2.24) is 10.3 Å². The maximum Gasteiger partial charge on any atom is 0.256 e. The van der Waals surface area contributed by atoms with Crippen molar-refractivity contribution in [3.05, 3.63) is 58.5 Å². The normalized spacial score (nSPS) is 10.9. The van der Waals surface area contributed by atoms with Gasteiger partial charge in [-0.05, 0) is 23.8 Å². The van der Waals surface area contributed by atoms with E-state index < -0.39 is 17.5 Å². The van der Waals surface area contributed by atoms with Gasteiger partial charge < -0.3 is 29.4 Å². The van der Waals surface area contributed by atoms with Crippen LogP contribution in [0.4, 0.5) is 4.39 Å². The van der Waals surface area contributed by atoms with E-state index in [9.17, 15) is 14.3 Å². The molecule has 0 unspecified atom stereocenters. The van der Waals surface area contributed by atoms with Gasteiger partial charge in [-0.3, -0.25) is 9.78 Å². The Morgan fingerprint density at radius 2 is 1.70 bits per heavy atom. The average Bonchev–Trinajstić information content (AvgIpc) is 2.81. The van der Waals surface area contributed by atoms with E-state index in [1.165, 1.54) is 20.4 Å². The van der Waals surface area contributed by atoms with Gasteiger partial charge in [-0.15, -0.1) is 0 Å². The topological polar surface area (TPSA) is 99.1 Å². The van der Waals surface area contributed by atoms with Crippen molar-refractivity contribution in [2.45, 2.75) is 6.54 Å². The van der Waals surface area contributed by atoms with Crippen LogP contribution in [0.5, 0.6) is 17.2 Å². The molecule has 8 nitrogen and oxygen atoms in total. The highest BCUT2D eigenvalue weighted by Gasteiger charge is 2.23. The molecule has 2 aromatic carbocycles. The van der Waals surface area contributed by atoms with Crippen LogP contribution in [0.15, 0.2) is 36.5 Å². The molecule has 1 aromatic heterocycles. The van der Waals surface area contributed by atoms with E-state index >= 15 is 0 Å². The number of halogens is 2. The molecule has 0 spiro atoms. The van der Waals surface area contributed by atoms with Crippen LogP contribution in [0.25, 0.3) is 10.9 Å². The van der Waals surface area contributed by atoms with Gasteiger partial charge in [-0.1, -0.05) is 23.7 Å². The smallest absolute Gasteiger partial charge is 0.256 e. The first-order chi connectivity index (χ1) is 16.0. The summed E-state index contributed by atoms with van der Waals surface area (Å²) >= 11 is 5.87. The minimum Gasteiger partial charge on any atom is -0.506 e. The van der Waals surface area contributed by atoms with Crippen molar-refractivity contribution in [1.29, 1.82) is 0 Å². The molecular formula is C23H24ClFN2O6. The second-order valence-electron chi connectivity index (χ2n) is 6.92. The van der Waals surface area contributed by atoms with Gasteiger partial charge >= 0.3 is 0 Å². The van der Waals surface area contributed by atoms with Crippen molar-refractivity contribution in [2.75, 3.05) is 40.6 Å². The van der Waals surface area contributed by atoms with Gasteiger partial charge in [0.25, 0.3) is 5.91 Å². The molecule has 0 aliphatic carbocycles. The molecule has 10 heteroatoms. The average molecular weight is 479 g/mol. The highest BCUT2D eigenvalue weighted by atomic mass is 35.5. The molecule has 3 aromatic rings. The van der Waals surface area contributed by atoms with Crippen LogP contribution < -0.4 is 14.8 Å². The number of rotatable bonds is 11. The van der Waals surface area contributed by atoms with Gasteiger partial charge in [-0.2, -0.15) is 0 Å². The van der Waals surface area contributed by atoms with Crippen LogP contribution in [-0.4, -0.2) is 56.6 Å². The Morgan fingerprint density at radius 3 is 2.33 bits per heavy atom. The molecule has 0 radical (unpaired) electrons. The molecule has 2 N–H and O–H groups in total. The number of carbonyl (C=O) groups excluding carboxylic acids is 1. The van der Waals surface area contributed by atoms with Crippen molar-refractivity contribution in [3.63, 3.8) is 0 Å². The lowest BCUT2D eigenvalue weighted by Gasteiger charge is -2.16. The summed E-state index contributed by atoms with van der Waals surface area (Å²) in [6, 6.07) is 8.01. The van der Waals surface area contributed by atoms with Gasteiger partial charge in [0.15, 0.2) is 17.3 Å². The summed E-state index contributed by atoms with van der Waals surface area (Å²) in [7, 11) is 3.00. The molecule has 33 heavy (non-hydrogen) atoms. The quantitative estimate of drug-likeness (QED) is 0.405. The van der Waals surface area contributed by atoms with E-state index in [0.29, 0.717) is 5.02 Å². The Morgan fingerprint density at radius 1 is 1.06 bits per heavy atom. The third kappa shape index (κ3) is 6.01. The number of pyridine rings is 1. The zero-order valence-electron chi connectivity index (χ0n) is 18.2. The number of aromatic nitrogens is 1. The Balaban J connectivity index is 1.92. The Labute approximate surface area is 195 Å². The Bertz CT molecular complexity index is 1110. The Kier molecular flexibility index (Phi) is 8.65. The van der Waals surface area contributed by atoms with Crippen molar-refractivity contribution >= 4 is 28.4 Å². The van der Waals surface area contributed by atoms with Crippen molar-refractivity contribution in [3.8, 4) is 17.2 Å². The van der Waals surface area contributed by atoms with Crippen LogP contribution >= 0.6 is 11.6 Å². The summed E-state index contributed by atoms with van der Waals surface area (Å²) in [5, 5.41) is 14.0. The molecule has 1 heterocycles. The first-order valence-electron chi connectivity index (χ1n) is 10.1. The number of benzene rings is 2. The van der Waals surface area contributed by atoms with Crippen LogP contribution in [0.2, 0.25) is 5.02 Å². The van der Waals surface area contributed by atoms with Crippen molar-refractivity contribution in [2.24, 2.45) is 0 Å². The number of methoxy groups -OCH3 is 2. The molecule has 0 aliphatic rings. The summed E-state index contributed by atoms with van der Waals surface area (Å²) in [6.45, 7) is 0.866. The molecule has 0 saturated heterocycles. The van der Waals surface area contributed by atoms with Gasteiger partial charge in [0, 0.05) is 37.4 Å². The predicted molar refractivity (Wildman–Crippen MR) is 121 cm³/mol. The van der Waals surface area contributed by atoms with Gasteiger partial charge in [0.1, 0.15) is 30.0 Å². The summed E-state index contributed by atoms with van der Waals surface area (Å²) in [4.78, 5) is 16.9. The van der Waals surface area contributed by atoms with E-state index in [-0.39, 0.29) is 60.9 Å². The van der Waals surface area contributed by atoms with E-state index in [1.54, 1.807) is 24.3 Å². The predicted octanol–water partition coefficient (Wildman–Crippen LogP) is 3.71. The lowest BCUT2D eigenvalue weighted by Crippen LogP contribution is -2.23. The molecule has 0 fully saturated rings. The van der Waals surface area contributed by atoms with Gasteiger partial charge in [0.05, 0.1) is 13.2 Å². The third-order valence-corrected chi connectivity index (χ3v) is 4.93. The lowest BCUT2D eigenvalue weighted by atomic mass is 10.1. The number of amides is 1. The maximum absolute atomic E-state index is 14.9. The SMILES string of the molecule is COCCOc1c(F)cc2c(O)c(C(=O)NCc3ccc(Cl)cc3)cnc2c1OCCOC. The fourth-order valence-corrected chi connectivity index (χ4v) is 3.14. The van der Waals surface area contributed by atoms with E-state index in [0.717, 1.165) is 11.6 Å².